The van der Waals surface area contributed by atoms with Gasteiger partial charge in [-0.2, -0.15) is 0 Å². The second kappa shape index (κ2) is 5.94. The Morgan fingerprint density at radius 3 is 2.43 bits per heavy atom. The monoisotopic (exact) mass is 374 g/mol. The summed E-state index contributed by atoms with van der Waals surface area (Å²) in [6.07, 6.45) is 2.10. The summed E-state index contributed by atoms with van der Waals surface area (Å²) < 4.78 is 0. The van der Waals surface area contributed by atoms with Crippen LogP contribution in [0.2, 0.25) is 0 Å². The quantitative estimate of drug-likeness (QED) is 0.867. The van der Waals surface area contributed by atoms with Crippen molar-refractivity contribution in [1.82, 2.24) is 10.2 Å². The van der Waals surface area contributed by atoms with Crippen LogP contribution in [0.25, 0.3) is 0 Å². The van der Waals surface area contributed by atoms with Crippen molar-refractivity contribution in [3.8, 4) is 0 Å². The Bertz CT molecular complexity index is 1000. The van der Waals surface area contributed by atoms with Gasteiger partial charge in [-0.15, -0.1) is 0 Å². The fraction of sp³-hybridized carbons (Fsp3) is 0.417. The van der Waals surface area contributed by atoms with Crippen LogP contribution in [0.5, 0.6) is 0 Å². The molecule has 2 heterocycles. The fourth-order valence-corrected chi connectivity index (χ4v) is 4.82. The van der Waals surface area contributed by atoms with Crippen LogP contribution < -0.4 is 5.32 Å². The standard InChI is InChI=1S/C24H26N2O2/c1-14(2)16-6-7-21-20(10-16)23(28)26(24(21)8-9-24)13-15(3)17-4-5-18-12-25-22(27)19(18)11-17/h4-7,10-11,14-15H,8-9,12-13H2,1-3H3,(H,25,27). The van der Waals surface area contributed by atoms with Gasteiger partial charge in [0.2, 0.25) is 0 Å². The molecule has 1 fully saturated rings. The first-order chi connectivity index (χ1) is 13.4. The third-order valence-corrected chi connectivity index (χ3v) is 6.77. The maximum atomic E-state index is 13.3. The first-order valence-corrected chi connectivity index (χ1v) is 10.3. The average molecular weight is 374 g/mol. The average Bonchev–Trinajstić information content (AvgIpc) is 3.37. The van der Waals surface area contributed by atoms with Crippen molar-refractivity contribution in [3.63, 3.8) is 0 Å². The minimum absolute atomic E-state index is 0.00795. The Balaban J connectivity index is 1.44. The summed E-state index contributed by atoms with van der Waals surface area (Å²) in [6, 6.07) is 12.6. The maximum Gasteiger partial charge on any atom is 0.254 e. The van der Waals surface area contributed by atoms with E-state index in [9.17, 15) is 9.59 Å². The molecule has 0 aromatic heterocycles. The number of amides is 2. The van der Waals surface area contributed by atoms with E-state index in [1.54, 1.807) is 0 Å². The zero-order chi connectivity index (χ0) is 19.6. The summed E-state index contributed by atoms with van der Waals surface area (Å²) in [5.74, 6) is 0.770. The summed E-state index contributed by atoms with van der Waals surface area (Å²) in [5.41, 5.74) is 6.20. The van der Waals surface area contributed by atoms with Crippen LogP contribution in [0.4, 0.5) is 0 Å². The van der Waals surface area contributed by atoms with Crippen LogP contribution in [-0.4, -0.2) is 23.3 Å². The van der Waals surface area contributed by atoms with Gasteiger partial charge in [-0.05, 0) is 59.1 Å². The minimum atomic E-state index is -0.0930. The normalized spacial score (nSPS) is 19.8. The van der Waals surface area contributed by atoms with Crippen molar-refractivity contribution in [1.29, 1.82) is 0 Å². The molecule has 2 aliphatic heterocycles. The number of hydrogen-bond acceptors (Lipinski definition) is 2. The second-order valence-corrected chi connectivity index (χ2v) is 8.91. The maximum absolute atomic E-state index is 13.3. The molecule has 1 unspecified atom stereocenters. The molecule has 3 aliphatic rings. The van der Waals surface area contributed by atoms with E-state index in [1.165, 1.54) is 11.1 Å². The van der Waals surface area contributed by atoms with Gasteiger partial charge in [0.05, 0.1) is 5.54 Å². The van der Waals surface area contributed by atoms with Gasteiger partial charge < -0.3 is 10.2 Å². The van der Waals surface area contributed by atoms with E-state index in [0.717, 1.165) is 35.1 Å². The van der Waals surface area contributed by atoms with Crippen LogP contribution in [0.1, 0.15) is 88.4 Å². The first kappa shape index (κ1) is 17.5. The lowest BCUT2D eigenvalue weighted by Crippen LogP contribution is -2.36. The van der Waals surface area contributed by atoms with Crippen LogP contribution in [0.3, 0.4) is 0 Å². The molecule has 0 saturated heterocycles. The number of nitrogens with one attached hydrogen (secondary N) is 1. The van der Waals surface area contributed by atoms with E-state index in [-0.39, 0.29) is 23.3 Å². The highest BCUT2D eigenvalue weighted by Crippen LogP contribution is 2.57. The van der Waals surface area contributed by atoms with Gasteiger partial charge in [0, 0.05) is 24.2 Å². The number of benzene rings is 2. The smallest absolute Gasteiger partial charge is 0.254 e. The highest BCUT2D eigenvalue weighted by Gasteiger charge is 2.57. The molecule has 28 heavy (non-hydrogen) atoms. The number of carbonyl (C=O) groups is 2. The summed E-state index contributed by atoms with van der Waals surface area (Å²) in [5, 5.41) is 2.88. The number of carbonyl (C=O) groups excluding carboxylic acids is 2. The van der Waals surface area contributed by atoms with E-state index in [2.05, 4.69) is 55.3 Å². The number of nitrogens with zero attached hydrogens (tertiary/aromatic N) is 1. The Morgan fingerprint density at radius 1 is 1.00 bits per heavy atom. The predicted octanol–water partition coefficient (Wildman–Crippen LogP) is 4.30. The van der Waals surface area contributed by atoms with Crippen molar-refractivity contribution < 1.29 is 9.59 Å². The molecule has 5 rings (SSSR count). The summed E-state index contributed by atoms with van der Waals surface area (Å²) >= 11 is 0. The number of hydrogen-bond donors (Lipinski definition) is 1. The van der Waals surface area contributed by atoms with Crippen molar-refractivity contribution in [3.05, 3.63) is 69.8 Å². The molecule has 1 spiro atoms. The fourth-order valence-electron chi connectivity index (χ4n) is 4.82. The van der Waals surface area contributed by atoms with Crippen molar-refractivity contribution >= 4 is 11.8 Å². The second-order valence-electron chi connectivity index (χ2n) is 8.91. The SMILES string of the molecule is CC(C)c1ccc2c(c1)C(=O)N(CC(C)c1ccc3c(c1)C(=O)NC3)C21CC1. The molecule has 0 bridgehead atoms. The molecule has 4 nitrogen and oxygen atoms in total. The third-order valence-electron chi connectivity index (χ3n) is 6.77. The van der Waals surface area contributed by atoms with E-state index in [4.69, 9.17) is 0 Å². The molecule has 144 valence electrons. The Labute approximate surface area is 165 Å². The van der Waals surface area contributed by atoms with Crippen LogP contribution in [0, 0.1) is 0 Å². The molecule has 2 amide bonds. The predicted molar refractivity (Wildman–Crippen MR) is 109 cm³/mol. The van der Waals surface area contributed by atoms with E-state index < -0.39 is 0 Å². The first-order valence-electron chi connectivity index (χ1n) is 10.3. The van der Waals surface area contributed by atoms with Crippen molar-refractivity contribution in [2.24, 2.45) is 0 Å². The van der Waals surface area contributed by atoms with E-state index >= 15 is 0 Å². The molecular formula is C24H26N2O2. The topological polar surface area (TPSA) is 49.4 Å². The van der Waals surface area contributed by atoms with Gasteiger partial charge in [0.25, 0.3) is 11.8 Å². The van der Waals surface area contributed by atoms with Crippen LogP contribution in [0.15, 0.2) is 36.4 Å². The zero-order valence-corrected chi connectivity index (χ0v) is 16.7. The van der Waals surface area contributed by atoms with Crippen molar-refractivity contribution in [2.45, 2.75) is 57.5 Å². The van der Waals surface area contributed by atoms with E-state index in [1.807, 2.05) is 12.1 Å². The van der Waals surface area contributed by atoms with Gasteiger partial charge in [-0.3, -0.25) is 9.59 Å². The summed E-state index contributed by atoms with van der Waals surface area (Å²) in [7, 11) is 0. The highest BCUT2D eigenvalue weighted by molar-refractivity contribution is 6.01. The van der Waals surface area contributed by atoms with Crippen molar-refractivity contribution in [2.75, 3.05) is 6.54 Å². The largest absolute Gasteiger partial charge is 0.348 e. The lowest BCUT2D eigenvalue weighted by Gasteiger charge is -2.28. The molecule has 2 aromatic rings. The van der Waals surface area contributed by atoms with Gasteiger partial charge in [-0.25, -0.2) is 0 Å². The molecule has 1 N–H and O–H groups in total. The highest BCUT2D eigenvalue weighted by atomic mass is 16.2. The zero-order valence-electron chi connectivity index (χ0n) is 16.7. The minimum Gasteiger partial charge on any atom is -0.348 e. The summed E-state index contributed by atoms with van der Waals surface area (Å²) in [4.78, 5) is 27.4. The third kappa shape index (κ3) is 2.43. The molecule has 4 heteroatoms. The van der Waals surface area contributed by atoms with E-state index in [0.29, 0.717) is 19.0 Å². The van der Waals surface area contributed by atoms with Gasteiger partial charge in [0.15, 0.2) is 0 Å². The molecule has 2 aromatic carbocycles. The summed E-state index contributed by atoms with van der Waals surface area (Å²) in [6.45, 7) is 7.78. The molecule has 1 saturated carbocycles. The lowest BCUT2D eigenvalue weighted by atomic mass is 9.95. The molecule has 1 atom stereocenters. The Hall–Kier alpha value is -2.62. The molecule has 0 radical (unpaired) electrons. The van der Waals surface area contributed by atoms with Gasteiger partial charge >= 0.3 is 0 Å². The molecular weight excluding hydrogens is 348 g/mol. The van der Waals surface area contributed by atoms with Crippen LogP contribution in [-0.2, 0) is 12.1 Å². The lowest BCUT2D eigenvalue weighted by molar-refractivity contribution is 0.0689. The number of fused-ring (bicyclic) bond motifs is 3. The molecule has 1 aliphatic carbocycles. The Kier molecular flexibility index (Phi) is 3.71. The number of rotatable bonds is 4. The van der Waals surface area contributed by atoms with Crippen LogP contribution >= 0.6 is 0 Å². The van der Waals surface area contributed by atoms with Gasteiger partial charge in [0.1, 0.15) is 0 Å². The van der Waals surface area contributed by atoms with Gasteiger partial charge in [-0.1, -0.05) is 45.0 Å². The Morgan fingerprint density at radius 2 is 1.71 bits per heavy atom.